The van der Waals surface area contributed by atoms with Crippen molar-refractivity contribution in [3.8, 4) is 0 Å². The molecule has 0 spiro atoms. The molecular formula is C13H9BrClFN2O2. The molecule has 0 bridgehead atoms. The van der Waals surface area contributed by atoms with Crippen LogP contribution in [0.25, 0.3) is 0 Å². The normalized spacial score (nSPS) is 10.3. The predicted molar refractivity (Wildman–Crippen MR) is 79.5 cm³/mol. The molecule has 2 rings (SSSR count). The standard InChI is InChI=1S/C13H9BrClFN2O2/c14-9-5-4-8(12(6-9)18(19)20)7-17-11-3-1-2-10(15)13(11)16/h1-6,17H,7H2. The van der Waals surface area contributed by atoms with Gasteiger partial charge in [-0.2, -0.15) is 0 Å². The fraction of sp³-hybridized carbons (Fsp3) is 0.0769. The first-order valence-corrected chi connectivity index (χ1v) is 6.77. The van der Waals surface area contributed by atoms with E-state index in [0.717, 1.165) is 0 Å². The minimum Gasteiger partial charge on any atom is -0.378 e. The van der Waals surface area contributed by atoms with E-state index in [1.807, 2.05) is 0 Å². The Morgan fingerprint density at radius 3 is 2.80 bits per heavy atom. The summed E-state index contributed by atoms with van der Waals surface area (Å²) in [4.78, 5) is 10.5. The highest BCUT2D eigenvalue weighted by molar-refractivity contribution is 9.10. The monoisotopic (exact) mass is 358 g/mol. The number of rotatable bonds is 4. The highest BCUT2D eigenvalue weighted by Crippen LogP contribution is 2.26. The number of hydrogen-bond acceptors (Lipinski definition) is 3. The van der Waals surface area contributed by atoms with Crippen molar-refractivity contribution in [3.63, 3.8) is 0 Å². The Bertz CT molecular complexity index is 667. The van der Waals surface area contributed by atoms with E-state index in [2.05, 4.69) is 21.2 Å². The molecule has 7 heteroatoms. The van der Waals surface area contributed by atoms with E-state index in [-0.39, 0.29) is 22.9 Å². The summed E-state index contributed by atoms with van der Waals surface area (Å²) in [6.07, 6.45) is 0. The fourth-order valence-corrected chi connectivity index (χ4v) is 2.21. The Balaban J connectivity index is 2.23. The molecule has 0 fully saturated rings. The van der Waals surface area contributed by atoms with Gasteiger partial charge in [0.15, 0.2) is 5.82 Å². The number of hydrogen-bond donors (Lipinski definition) is 1. The van der Waals surface area contributed by atoms with E-state index in [1.54, 1.807) is 18.2 Å². The summed E-state index contributed by atoms with van der Waals surface area (Å²) >= 11 is 8.85. The van der Waals surface area contributed by atoms with Crippen molar-refractivity contribution in [2.24, 2.45) is 0 Å². The maximum absolute atomic E-state index is 13.7. The average molecular weight is 360 g/mol. The van der Waals surface area contributed by atoms with Gasteiger partial charge in [0, 0.05) is 22.6 Å². The van der Waals surface area contributed by atoms with Crippen molar-refractivity contribution >= 4 is 38.9 Å². The first-order chi connectivity index (χ1) is 9.49. The molecule has 0 unspecified atom stereocenters. The zero-order valence-electron chi connectivity index (χ0n) is 10.1. The van der Waals surface area contributed by atoms with E-state index < -0.39 is 10.7 Å². The molecule has 0 radical (unpaired) electrons. The fourth-order valence-electron chi connectivity index (χ4n) is 1.69. The van der Waals surface area contributed by atoms with Crippen LogP contribution in [0.3, 0.4) is 0 Å². The molecule has 0 atom stereocenters. The molecule has 0 aliphatic rings. The minimum atomic E-state index is -0.575. The smallest absolute Gasteiger partial charge is 0.275 e. The lowest BCUT2D eigenvalue weighted by Gasteiger charge is -2.09. The van der Waals surface area contributed by atoms with Gasteiger partial charge in [0.05, 0.1) is 15.6 Å². The number of nitro groups is 1. The van der Waals surface area contributed by atoms with Crippen LogP contribution in [-0.4, -0.2) is 4.92 Å². The van der Waals surface area contributed by atoms with E-state index in [0.29, 0.717) is 10.0 Å². The van der Waals surface area contributed by atoms with Gasteiger partial charge in [-0.05, 0) is 24.3 Å². The second kappa shape index (κ2) is 6.19. The number of nitro benzene ring substituents is 1. The van der Waals surface area contributed by atoms with Crippen LogP contribution in [0.1, 0.15) is 5.56 Å². The molecule has 0 saturated carbocycles. The first kappa shape index (κ1) is 14.7. The van der Waals surface area contributed by atoms with Gasteiger partial charge in [0.1, 0.15) is 0 Å². The number of halogens is 3. The van der Waals surface area contributed by atoms with Gasteiger partial charge in [-0.1, -0.05) is 33.6 Å². The molecule has 1 N–H and O–H groups in total. The molecule has 20 heavy (non-hydrogen) atoms. The average Bonchev–Trinajstić information content (AvgIpc) is 2.41. The Morgan fingerprint density at radius 2 is 2.10 bits per heavy atom. The van der Waals surface area contributed by atoms with E-state index in [9.17, 15) is 14.5 Å². The van der Waals surface area contributed by atoms with Crippen molar-refractivity contribution in [2.45, 2.75) is 6.54 Å². The Kier molecular flexibility index (Phi) is 4.57. The van der Waals surface area contributed by atoms with Crippen LogP contribution < -0.4 is 5.32 Å². The van der Waals surface area contributed by atoms with Crippen molar-refractivity contribution in [1.29, 1.82) is 0 Å². The van der Waals surface area contributed by atoms with Gasteiger partial charge in [0.25, 0.3) is 5.69 Å². The summed E-state index contributed by atoms with van der Waals surface area (Å²) in [5, 5.41) is 13.8. The van der Waals surface area contributed by atoms with E-state index in [4.69, 9.17) is 11.6 Å². The Morgan fingerprint density at radius 1 is 1.35 bits per heavy atom. The summed E-state index contributed by atoms with van der Waals surface area (Å²) in [7, 11) is 0. The van der Waals surface area contributed by atoms with Gasteiger partial charge < -0.3 is 5.32 Å². The SMILES string of the molecule is O=[N+]([O-])c1cc(Br)ccc1CNc1cccc(Cl)c1F. The predicted octanol–water partition coefficient (Wildman–Crippen LogP) is 4.76. The molecular weight excluding hydrogens is 351 g/mol. The van der Waals surface area contributed by atoms with Gasteiger partial charge >= 0.3 is 0 Å². The number of nitrogens with one attached hydrogen (secondary N) is 1. The van der Waals surface area contributed by atoms with Crippen LogP contribution in [0, 0.1) is 15.9 Å². The lowest BCUT2D eigenvalue weighted by Crippen LogP contribution is -2.04. The summed E-state index contributed by atoms with van der Waals surface area (Å²) in [5.41, 5.74) is 0.626. The zero-order valence-corrected chi connectivity index (χ0v) is 12.4. The molecule has 0 heterocycles. The quantitative estimate of drug-likeness (QED) is 0.632. The van der Waals surface area contributed by atoms with Gasteiger partial charge in [-0.15, -0.1) is 0 Å². The van der Waals surface area contributed by atoms with Gasteiger partial charge in [-0.25, -0.2) is 4.39 Å². The summed E-state index contributed by atoms with van der Waals surface area (Å²) < 4.78 is 14.3. The summed E-state index contributed by atoms with van der Waals surface area (Å²) in [5.74, 6) is -0.575. The molecule has 0 aliphatic carbocycles. The van der Waals surface area contributed by atoms with Gasteiger partial charge in [-0.3, -0.25) is 10.1 Å². The van der Waals surface area contributed by atoms with Crippen LogP contribution in [0.2, 0.25) is 5.02 Å². The minimum absolute atomic E-state index is 0.000283. The molecule has 0 aliphatic heterocycles. The molecule has 0 aromatic heterocycles. The lowest BCUT2D eigenvalue weighted by atomic mass is 10.1. The van der Waals surface area contributed by atoms with Crippen LogP contribution >= 0.6 is 27.5 Å². The number of benzene rings is 2. The van der Waals surface area contributed by atoms with Crippen molar-refractivity contribution < 1.29 is 9.31 Å². The molecule has 2 aromatic rings. The van der Waals surface area contributed by atoms with Crippen LogP contribution in [0.4, 0.5) is 15.8 Å². The molecule has 2 aromatic carbocycles. The largest absolute Gasteiger partial charge is 0.378 e. The van der Waals surface area contributed by atoms with Crippen LogP contribution in [-0.2, 0) is 6.54 Å². The third-order valence-electron chi connectivity index (χ3n) is 2.66. The van der Waals surface area contributed by atoms with E-state index in [1.165, 1.54) is 18.2 Å². The van der Waals surface area contributed by atoms with Crippen molar-refractivity contribution in [3.05, 3.63) is 67.4 Å². The molecule has 0 saturated heterocycles. The lowest BCUT2D eigenvalue weighted by molar-refractivity contribution is -0.385. The van der Waals surface area contributed by atoms with Crippen molar-refractivity contribution in [1.82, 2.24) is 0 Å². The molecule has 0 amide bonds. The molecule has 104 valence electrons. The summed E-state index contributed by atoms with van der Waals surface area (Å²) in [6.45, 7) is 0.126. The maximum atomic E-state index is 13.7. The third-order valence-corrected chi connectivity index (χ3v) is 3.45. The number of anilines is 1. The second-order valence-electron chi connectivity index (χ2n) is 3.99. The van der Waals surface area contributed by atoms with E-state index >= 15 is 0 Å². The van der Waals surface area contributed by atoms with Gasteiger partial charge in [0.2, 0.25) is 0 Å². The highest BCUT2D eigenvalue weighted by atomic mass is 79.9. The molecule has 4 nitrogen and oxygen atoms in total. The zero-order chi connectivity index (χ0) is 14.7. The topological polar surface area (TPSA) is 55.2 Å². The number of nitrogens with zero attached hydrogens (tertiary/aromatic N) is 1. The maximum Gasteiger partial charge on any atom is 0.275 e. The van der Waals surface area contributed by atoms with Crippen LogP contribution in [0.15, 0.2) is 40.9 Å². The Hall–Kier alpha value is -1.66. The second-order valence-corrected chi connectivity index (χ2v) is 5.31. The third kappa shape index (κ3) is 3.26. The summed E-state index contributed by atoms with van der Waals surface area (Å²) in [6, 6.07) is 9.27. The highest BCUT2D eigenvalue weighted by Gasteiger charge is 2.14. The van der Waals surface area contributed by atoms with Crippen LogP contribution in [0.5, 0.6) is 0 Å². The van der Waals surface area contributed by atoms with Crippen molar-refractivity contribution in [2.75, 3.05) is 5.32 Å². The first-order valence-electron chi connectivity index (χ1n) is 5.59. The Labute approximate surface area is 127 Å².